The van der Waals surface area contributed by atoms with Gasteiger partial charge in [-0.2, -0.15) is 5.10 Å². The molecule has 5 aromatic rings. The summed E-state index contributed by atoms with van der Waals surface area (Å²) >= 11 is 0. The molecule has 1 amide bonds. The molecule has 1 aliphatic rings. The van der Waals surface area contributed by atoms with Crippen LogP contribution in [0.2, 0.25) is 0 Å². The van der Waals surface area contributed by atoms with Crippen molar-refractivity contribution in [2.75, 3.05) is 0 Å². The molecule has 1 unspecified atom stereocenters. The van der Waals surface area contributed by atoms with Crippen molar-refractivity contribution in [3.63, 3.8) is 0 Å². The number of fused-ring (bicyclic) bond motifs is 2. The molecule has 4 heterocycles. The molecular weight excluding hydrogens is 424 g/mol. The number of nitrogens with one attached hydrogen (secondary N) is 1. The summed E-state index contributed by atoms with van der Waals surface area (Å²) in [7, 11) is 0. The van der Waals surface area contributed by atoms with Gasteiger partial charge >= 0.3 is 0 Å². The molecule has 1 aromatic carbocycles. The predicted molar refractivity (Wildman–Crippen MR) is 129 cm³/mol. The topological polar surface area (TPSA) is 85.6 Å². The van der Waals surface area contributed by atoms with Crippen molar-refractivity contribution in [2.24, 2.45) is 0 Å². The molecule has 0 saturated carbocycles. The third-order valence-electron chi connectivity index (χ3n) is 6.30. The van der Waals surface area contributed by atoms with Crippen LogP contribution in [0.1, 0.15) is 39.5 Å². The van der Waals surface area contributed by atoms with Crippen molar-refractivity contribution in [3.8, 4) is 11.3 Å². The third kappa shape index (κ3) is 3.71. The minimum absolute atomic E-state index is 0.000745. The summed E-state index contributed by atoms with van der Waals surface area (Å²) < 4.78 is 1.81. The molecule has 0 fully saturated rings. The smallest absolute Gasteiger partial charge is 0.252 e. The zero-order valence-corrected chi connectivity index (χ0v) is 18.4. The Morgan fingerprint density at radius 1 is 1.00 bits per heavy atom. The maximum atomic E-state index is 13.6. The lowest BCUT2D eigenvalue weighted by Crippen LogP contribution is -2.27. The Hall–Kier alpha value is -4.39. The van der Waals surface area contributed by atoms with Crippen LogP contribution in [0.15, 0.2) is 85.6 Å². The number of aryl methyl sites for hydroxylation is 1. The van der Waals surface area contributed by atoms with Crippen LogP contribution in [-0.2, 0) is 13.0 Å². The molecule has 4 aromatic heterocycles. The first-order valence-corrected chi connectivity index (χ1v) is 11.3. The number of hydrogen-bond donors (Lipinski definition) is 1. The summed E-state index contributed by atoms with van der Waals surface area (Å²) in [5, 5.41) is 8.54. The van der Waals surface area contributed by atoms with Crippen LogP contribution in [0.3, 0.4) is 0 Å². The monoisotopic (exact) mass is 446 g/mol. The number of amides is 1. The normalized spacial score (nSPS) is 14.8. The Labute approximate surface area is 196 Å². The molecule has 34 heavy (non-hydrogen) atoms. The van der Waals surface area contributed by atoms with E-state index in [-0.39, 0.29) is 11.9 Å². The van der Waals surface area contributed by atoms with Crippen molar-refractivity contribution in [1.82, 2.24) is 30.0 Å². The van der Waals surface area contributed by atoms with Gasteiger partial charge in [-0.15, -0.1) is 0 Å². The highest BCUT2D eigenvalue weighted by atomic mass is 16.1. The van der Waals surface area contributed by atoms with Gasteiger partial charge in [-0.25, -0.2) is 9.67 Å². The molecule has 1 atom stereocenters. The molecule has 7 heteroatoms. The second-order valence-corrected chi connectivity index (χ2v) is 8.46. The summed E-state index contributed by atoms with van der Waals surface area (Å²) in [4.78, 5) is 26.9. The van der Waals surface area contributed by atoms with E-state index in [1.807, 2.05) is 53.3 Å². The summed E-state index contributed by atoms with van der Waals surface area (Å²) in [5.74, 6) is -0.125. The minimum Gasteiger partial charge on any atom is -0.345 e. The third-order valence-corrected chi connectivity index (χ3v) is 6.30. The molecule has 0 radical (unpaired) electrons. The van der Waals surface area contributed by atoms with Crippen LogP contribution >= 0.6 is 0 Å². The van der Waals surface area contributed by atoms with E-state index in [2.05, 4.69) is 32.5 Å². The van der Waals surface area contributed by atoms with Gasteiger partial charge in [0.1, 0.15) is 0 Å². The number of benzene rings is 1. The number of aromatic nitrogens is 5. The van der Waals surface area contributed by atoms with Gasteiger partial charge in [-0.1, -0.05) is 30.3 Å². The Kier molecular flexibility index (Phi) is 5.07. The quantitative estimate of drug-likeness (QED) is 0.434. The van der Waals surface area contributed by atoms with Gasteiger partial charge in [0, 0.05) is 30.4 Å². The molecule has 7 nitrogen and oxygen atoms in total. The van der Waals surface area contributed by atoms with E-state index in [0.29, 0.717) is 23.4 Å². The van der Waals surface area contributed by atoms with E-state index >= 15 is 0 Å². The van der Waals surface area contributed by atoms with Gasteiger partial charge in [-0.05, 0) is 53.8 Å². The lowest BCUT2D eigenvalue weighted by Gasteiger charge is -2.15. The number of carbonyl (C=O) groups excluding carboxylic acids is 1. The molecule has 1 N–H and O–H groups in total. The number of pyridine rings is 3. The van der Waals surface area contributed by atoms with Crippen LogP contribution < -0.4 is 5.32 Å². The summed E-state index contributed by atoms with van der Waals surface area (Å²) in [6.45, 7) is 0.512. The Morgan fingerprint density at radius 2 is 1.85 bits per heavy atom. The zero-order valence-electron chi connectivity index (χ0n) is 18.4. The molecular formula is C27H22N6O. The van der Waals surface area contributed by atoms with Gasteiger partial charge in [0.2, 0.25) is 0 Å². The second-order valence-electron chi connectivity index (χ2n) is 8.46. The van der Waals surface area contributed by atoms with Crippen molar-refractivity contribution in [2.45, 2.75) is 25.4 Å². The van der Waals surface area contributed by atoms with E-state index in [4.69, 9.17) is 4.98 Å². The first kappa shape index (κ1) is 20.2. The van der Waals surface area contributed by atoms with Gasteiger partial charge in [0.05, 0.1) is 35.4 Å². The number of hydrogen-bond acceptors (Lipinski definition) is 5. The van der Waals surface area contributed by atoms with E-state index in [0.717, 1.165) is 29.4 Å². The van der Waals surface area contributed by atoms with Crippen molar-refractivity contribution in [1.29, 1.82) is 0 Å². The zero-order chi connectivity index (χ0) is 22.9. The fourth-order valence-electron chi connectivity index (χ4n) is 4.62. The molecule has 1 aliphatic carbocycles. The first-order valence-electron chi connectivity index (χ1n) is 11.3. The van der Waals surface area contributed by atoms with Crippen LogP contribution in [-0.4, -0.2) is 30.6 Å². The summed E-state index contributed by atoms with van der Waals surface area (Å²) in [6, 6.07) is 17.8. The Morgan fingerprint density at radius 3 is 2.68 bits per heavy atom. The SMILES string of the molecule is O=C(NC1CCc2ccccc21)c1cc(-c2cccnc2)nc2c1cnn2Cc1cccnc1. The van der Waals surface area contributed by atoms with Gasteiger partial charge in [0.15, 0.2) is 5.65 Å². The fourth-order valence-corrected chi connectivity index (χ4v) is 4.62. The van der Waals surface area contributed by atoms with E-state index in [9.17, 15) is 4.79 Å². The highest BCUT2D eigenvalue weighted by molar-refractivity contribution is 6.06. The molecule has 6 rings (SSSR count). The number of carbonyl (C=O) groups is 1. The molecule has 0 aliphatic heterocycles. The van der Waals surface area contributed by atoms with Crippen molar-refractivity contribution < 1.29 is 4.79 Å². The maximum Gasteiger partial charge on any atom is 0.252 e. The average molecular weight is 447 g/mol. The van der Waals surface area contributed by atoms with Crippen LogP contribution in [0.25, 0.3) is 22.3 Å². The van der Waals surface area contributed by atoms with E-state index < -0.39 is 0 Å². The van der Waals surface area contributed by atoms with Crippen LogP contribution in [0.4, 0.5) is 0 Å². The standard InChI is InChI=1S/C27H22N6O/c34-27(32-24-10-9-19-6-1-2-8-21(19)24)22-13-25(20-7-4-12-29-15-20)31-26-23(22)16-30-33(26)17-18-5-3-11-28-14-18/h1-8,11-16,24H,9-10,17H2,(H,32,34). The lowest BCUT2D eigenvalue weighted by atomic mass is 10.1. The fraction of sp³-hybridized carbons (Fsp3) is 0.148. The minimum atomic E-state index is -0.125. The molecule has 166 valence electrons. The summed E-state index contributed by atoms with van der Waals surface area (Å²) in [6.07, 6.45) is 10.6. The maximum absolute atomic E-state index is 13.6. The van der Waals surface area contributed by atoms with Crippen molar-refractivity contribution in [3.05, 3.63) is 108 Å². The summed E-state index contributed by atoms with van der Waals surface area (Å²) in [5.41, 5.74) is 6.25. The average Bonchev–Trinajstić information content (AvgIpc) is 3.49. The van der Waals surface area contributed by atoms with Gasteiger partial charge in [-0.3, -0.25) is 14.8 Å². The van der Waals surface area contributed by atoms with Gasteiger partial charge < -0.3 is 5.32 Å². The van der Waals surface area contributed by atoms with E-state index in [1.54, 1.807) is 24.8 Å². The van der Waals surface area contributed by atoms with Crippen molar-refractivity contribution >= 4 is 16.9 Å². The number of rotatable bonds is 5. The highest BCUT2D eigenvalue weighted by Crippen LogP contribution is 2.32. The molecule has 0 spiro atoms. The lowest BCUT2D eigenvalue weighted by molar-refractivity contribution is 0.0938. The predicted octanol–water partition coefficient (Wildman–Crippen LogP) is 4.35. The Bertz CT molecular complexity index is 1480. The second kappa shape index (κ2) is 8.51. The largest absolute Gasteiger partial charge is 0.345 e. The number of nitrogens with zero attached hydrogens (tertiary/aromatic N) is 5. The Balaban J connectivity index is 1.42. The first-order chi connectivity index (χ1) is 16.8. The van der Waals surface area contributed by atoms with Gasteiger partial charge in [0.25, 0.3) is 5.91 Å². The molecule has 0 saturated heterocycles. The van der Waals surface area contributed by atoms with Crippen LogP contribution in [0, 0.1) is 0 Å². The van der Waals surface area contributed by atoms with Crippen LogP contribution in [0.5, 0.6) is 0 Å². The highest BCUT2D eigenvalue weighted by Gasteiger charge is 2.25. The molecule has 0 bridgehead atoms. The van der Waals surface area contributed by atoms with E-state index in [1.165, 1.54) is 11.1 Å².